The molecule has 3 heterocycles. The molecule has 1 saturated carbocycles. The molecule has 2 aromatic rings. The van der Waals surface area contributed by atoms with Crippen molar-refractivity contribution in [3.8, 4) is 0 Å². The molecule has 0 unspecified atom stereocenters. The quantitative estimate of drug-likeness (QED) is 0.854. The minimum Gasteiger partial charge on any atom is -0.456 e. The summed E-state index contributed by atoms with van der Waals surface area (Å²) in [5, 5.41) is 0. The molecule has 132 valence electrons. The van der Waals surface area contributed by atoms with Crippen LogP contribution in [0.15, 0.2) is 41.1 Å². The van der Waals surface area contributed by atoms with Crippen LogP contribution in [-0.2, 0) is 16.1 Å². The lowest BCUT2D eigenvalue weighted by Gasteiger charge is -2.30. The van der Waals surface area contributed by atoms with Gasteiger partial charge in [0.1, 0.15) is 11.9 Å². The molecule has 0 aromatic carbocycles. The molecule has 2 bridgehead atoms. The summed E-state index contributed by atoms with van der Waals surface area (Å²) in [4.78, 5) is 18.9. The molecule has 6 heteroatoms. The third kappa shape index (κ3) is 3.32. The first-order valence-corrected chi connectivity index (χ1v) is 8.72. The number of ether oxygens (including phenoxy) is 2. The summed E-state index contributed by atoms with van der Waals surface area (Å²) in [7, 11) is 0. The summed E-state index contributed by atoms with van der Waals surface area (Å²) < 4.78 is 17.6. The number of carbonyl (C=O) groups is 1. The number of carbonyl (C=O) groups excluding carboxylic acids is 1. The Morgan fingerprint density at radius 2 is 2.28 bits per heavy atom. The van der Waals surface area contributed by atoms with Crippen molar-refractivity contribution in [3.05, 3.63) is 53.7 Å². The molecule has 25 heavy (non-hydrogen) atoms. The van der Waals surface area contributed by atoms with Gasteiger partial charge < -0.3 is 18.8 Å². The maximum atomic E-state index is 12.9. The smallest absolute Gasteiger partial charge is 0.289 e. The van der Waals surface area contributed by atoms with E-state index in [1.54, 1.807) is 18.5 Å². The molecule has 2 fully saturated rings. The van der Waals surface area contributed by atoms with Crippen LogP contribution >= 0.6 is 0 Å². The van der Waals surface area contributed by atoms with Crippen molar-refractivity contribution >= 4 is 5.91 Å². The fraction of sp³-hybridized carbons (Fsp3) is 0.474. The van der Waals surface area contributed by atoms with E-state index in [0.717, 1.165) is 24.2 Å². The van der Waals surface area contributed by atoms with E-state index in [2.05, 4.69) is 4.98 Å². The van der Waals surface area contributed by atoms with E-state index in [9.17, 15) is 4.79 Å². The van der Waals surface area contributed by atoms with Crippen LogP contribution in [0.1, 0.15) is 34.7 Å². The van der Waals surface area contributed by atoms with Crippen molar-refractivity contribution < 1.29 is 18.7 Å². The second kappa shape index (κ2) is 6.98. The Morgan fingerprint density at radius 1 is 1.36 bits per heavy atom. The highest BCUT2D eigenvalue weighted by molar-refractivity contribution is 5.91. The normalized spacial score (nSPS) is 25.8. The van der Waals surface area contributed by atoms with E-state index in [4.69, 9.17) is 13.9 Å². The summed E-state index contributed by atoms with van der Waals surface area (Å²) in [5.74, 6) is 1.04. The van der Waals surface area contributed by atoms with Gasteiger partial charge in [0.2, 0.25) is 0 Å². The maximum Gasteiger partial charge on any atom is 0.289 e. The van der Waals surface area contributed by atoms with Crippen LogP contribution in [0, 0.1) is 6.92 Å². The molecule has 1 aliphatic carbocycles. The van der Waals surface area contributed by atoms with Crippen LogP contribution in [-0.4, -0.2) is 47.2 Å². The van der Waals surface area contributed by atoms with Crippen LogP contribution in [0.2, 0.25) is 0 Å². The SMILES string of the molecule is Cc1ccc(C(=O)N2CCO[C@H]3CC[C@H]2[C@H]3OCc2cccnc2)o1. The van der Waals surface area contributed by atoms with E-state index in [1.807, 2.05) is 30.0 Å². The molecule has 6 nitrogen and oxygen atoms in total. The number of nitrogens with zero attached hydrogens (tertiary/aromatic N) is 2. The predicted molar refractivity (Wildman–Crippen MR) is 90.1 cm³/mol. The van der Waals surface area contributed by atoms with Crippen molar-refractivity contribution in [1.29, 1.82) is 0 Å². The Balaban J connectivity index is 1.50. The summed E-state index contributed by atoms with van der Waals surface area (Å²) in [5.41, 5.74) is 1.02. The van der Waals surface area contributed by atoms with Crippen LogP contribution < -0.4 is 0 Å². The highest BCUT2D eigenvalue weighted by Crippen LogP contribution is 2.33. The lowest BCUT2D eigenvalue weighted by atomic mass is 10.1. The van der Waals surface area contributed by atoms with E-state index in [-0.39, 0.29) is 24.2 Å². The fourth-order valence-electron chi connectivity index (χ4n) is 3.73. The largest absolute Gasteiger partial charge is 0.456 e. The maximum absolute atomic E-state index is 12.9. The second-order valence-electron chi connectivity index (χ2n) is 6.60. The first-order valence-electron chi connectivity index (χ1n) is 8.72. The molecule has 0 spiro atoms. The Morgan fingerprint density at radius 3 is 3.04 bits per heavy atom. The zero-order chi connectivity index (χ0) is 17.2. The molecule has 3 atom stereocenters. The van der Waals surface area contributed by atoms with Gasteiger partial charge in [0.05, 0.1) is 25.4 Å². The average molecular weight is 342 g/mol. The van der Waals surface area contributed by atoms with Crippen LogP contribution in [0.3, 0.4) is 0 Å². The van der Waals surface area contributed by atoms with Crippen LogP contribution in [0.25, 0.3) is 0 Å². The third-order valence-electron chi connectivity index (χ3n) is 4.93. The number of amides is 1. The van der Waals surface area contributed by atoms with Crippen molar-refractivity contribution in [2.45, 2.75) is 44.6 Å². The number of rotatable bonds is 4. The third-order valence-corrected chi connectivity index (χ3v) is 4.93. The molecule has 2 aromatic heterocycles. The molecule has 1 amide bonds. The van der Waals surface area contributed by atoms with E-state index < -0.39 is 0 Å². The fourth-order valence-corrected chi connectivity index (χ4v) is 3.73. The summed E-state index contributed by atoms with van der Waals surface area (Å²) in [6.45, 7) is 3.40. The Bertz CT molecular complexity index is 730. The van der Waals surface area contributed by atoms with Gasteiger partial charge >= 0.3 is 0 Å². The summed E-state index contributed by atoms with van der Waals surface area (Å²) in [6, 6.07) is 7.45. The first kappa shape index (κ1) is 16.3. The van der Waals surface area contributed by atoms with Crippen LogP contribution in [0.5, 0.6) is 0 Å². The van der Waals surface area contributed by atoms with Gasteiger partial charge in [-0.1, -0.05) is 6.07 Å². The summed E-state index contributed by atoms with van der Waals surface area (Å²) in [6.07, 6.45) is 5.25. The zero-order valence-electron chi connectivity index (χ0n) is 14.3. The van der Waals surface area contributed by atoms with Crippen LogP contribution in [0.4, 0.5) is 0 Å². The first-order chi connectivity index (χ1) is 12.2. The molecule has 2 aliphatic rings. The average Bonchev–Trinajstić information content (AvgIpc) is 3.17. The van der Waals surface area contributed by atoms with Crippen molar-refractivity contribution in [2.24, 2.45) is 0 Å². The van der Waals surface area contributed by atoms with Gasteiger partial charge in [-0.2, -0.15) is 0 Å². The van der Waals surface area contributed by atoms with Crippen molar-refractivity contribution in [1.82, 2.24) is 9.88 Å². The number of fused-ring (bicyclic) bond motifs is 2. The Labute approximate surface area is 146 Å². The topological polar surface area (TPSA) is 64.8 Å². The number of pyridine rings is 1. The predicted octanol–water partition coefficient (Wildman–Crippen LogP) is 2.57. The van der Waals surface area contributed by atoms with Gasteiger partial charge in [-0.25, -0.2) is 0 Å². The highest BCUT2D eigenvalue weighted by atomic mass is 16.5. The minimum absolute atomic E-state index is 0.0158. The number of furan rings is 1. The number of hydrogen-bond acceptors (Lipinski definition) is 5. The van der Waals surface area contributed by atoms with Gasteiger partial charge in [-0.3, -0.25) is 9.78 Å². The zero-order valence-corrected chi connectivity index (χ0v) is 14.3. The standard InChI is InChI=1S/C19H22N2O4/c1-13-4-6-17(25-13)19(22)21-9-10-23-16-7-5-15(21)18(16)24-12-14-3-2-8-20-11-14/h2-4,6,8,11,15-16,18H,5,7,9-10,12H2,1H3/t15-,16-,18+/m0/s1. The highest BCUT2D eigenvalue weighted by Gasteiger charge is 2.45. The van der Waals surface area contributed by atoms with E-state index in [1.165, 1.54) is 0 Å². The lowest BCUT2D eigenvalue weighted by molar-refractivity contribution is -0.0599. The van der Waals surface area contributed by atoms with Gasteiger partial charge in [-0.05, 0) is 43.5 Å². The molecular formula is C19H22N2O4. The van der Waals surface area contributed by atoms with Gasteiger partial charge in [-0.15, -0.1) is 0 Å². The van der Waals surface area contributed by atoms with Gasteiger partial charge in [0.25, 0.3) is 5.91 Å². The lowest BCUT2D eigenvalue weighted by Crippen LogP contribution is -2.46. The molecule has 0 radical (unpaired) electrons. The molecule has 4 rings (SSSR count). The molecule has 0 N–H and O–H groups in total. The molecular weight excluding hydrogens is 320 g/mol. The monoisotopic (exact) mass is 342 g/mol. The Kier molecular flexibility index (Phi) is 4.55. The second-order valence-corrected chi connectivity index (χ2v) is 6.60. The van der Waals surface area contributed by atoms with Crippen molar-refractivity contribution in [2.75, 3.05) is 13.2 Å². The molecule has 1 aliphatic heterocycles. The minimum atomic E-state index is -0.122. The van der Waals surface area contributed by atoms with Crippen molar-refractivity contribution in [3.63, 3.8) is 0 Å². The number of aryl methyl sites for hydroxylation is 1. The van der Waals surface area contributed by atoms with E-state index >= 15 is 0 Å². The van der Waals surface area contributed by atoms with Gasteiger partial charge in [0.15, 0.2) is 5.76 Å². The Hall–Kier alpha value is -2.18. The number of hydrogen-bond donors (Lipinski definition) is 0. The van der Waals surface area contributed by atoms with E-state index in [0.29, 0.717) is 25.5 Å². The number of aromatic nitrogens is 1. The van der Waals surface area contributed by atoms with Gasteiger partial charge in [0, 0.05) is 18.9 Å². The molecule has 1 saturated heterocycles. The summed E-state index contributed by atoms with van der Waals surface area (Å²) >= 11 is 0.